The van der Waals surface area contributed by atoms with Crippen LogP contribution < -0.4 is 10.1 Å². The van der Waals surface area contributed by atoms with Gasteiger partial charge in [0.25, 0.3) is 0 Å². The molecule has 0 bridgehead atoms. The lowest BCUT2D eigenvalue weighted by atomic mass is 10.1. The number of rotatable bonds is 6. The molecule has 0 aliphatic heterocycles. The van der Waals surface area contributed by atoms with E-state index >= 15 is 0 Å². The molecule has 2 aromatic heterocycles. The third kappa shape index (κ3) is 4.60. The van der Waals surface area contributed by atoms with Crippen molar-refractivity contribution in [2.75, 3.05) is 5.32 Å². The minimum Gasteiger partial charge on any atom is -0.486 e. The van der Waals surface area contributed by atoms with Gasteiger partial charge in [0.15, 0.2) is 5.65 Å². The van der Waals surface area contributed by atoms with Crippen molar-refractivity contribution in [3.05, 3.63) is 82.7 Å². The van der Waals surface area contributed by atoms with E-state index < -0.39 is 0 Å². The molecule has 1 N–H and O–H groups in total. The number of hydrogen-bond donors (Lipinski definition) is 1. The van der Waals surface area contributed by atoms with Crippen molar-refractivity contribution in [3.8, 4) is 5.75 Å². The van der Waals surface area contributed by atoms with Crippen LogP contribution in [-0.2, 0) is 0 Å². The molecular formula is C24H23BrN4O. The lowest BCUT2D eigenvalue weighted by Crippen LogP contribution is -2.03. The molecule has 0 radical (unpaired) electrons. The normalized spacial score (nSPS) is 12.2. The second-order valence-electron chi connectivity index (χ2n) is 7.45. The Morgan fingerprint density at radius 2 is 1.73 bits per heavy atom. The molecule has 0 amide bonds. The number of aromatic nitrogens is 3. The van der Waals surface area contributed by atoms with Crippen LogP contribution in [0.1, 0.15) is 44.1 Å². The molecule has 6 heteroatoms. The van der Waals surface area contributed by atoms with Gasteiger partial charge in [0.05, 0.1) is 5.39 Å². The van der Waals surface area contributed by atoms with Crippen LogP contribution in [-0.4, -0.2) is 15.0 Å². The Kier molecular flexibility index (Phi) is 5.95. The number of nitrogens with zero attached hydrogens (tertiary/aromatic N) is 3. The summed E-state index contributed by atoms with van der Waals surface area (Å²) >= 11 is 3.47. The minimum absolute atomic E-state index is 0.0631. The highest BCUT2D eigenvalue weighted by Gasteiger charge is 2.10. The molecule has 0 aliphatic rings. The number of pyridine rings is 1. The van der Waals surface area contributed by atoms with Gasteiger partial charge in [-0.1, -0.05) is 48.0 Å². The maximum absolute atomic E-state index is 6.15. The largest absolute Gasteiger partial charge is 0.486 e. The van der Waals surface area contributed by atoms with Crippen molar-refractivity contribution < 1.29 is 4.74 Å². The second-order valence-corrected chi connectivity index (χ2v) is 8.36. The summed E-state index contributed by atoms with van der Waals surface area (Å²) in [5.41, 5.74) is 3.72. The molecule has 30 heavy (non-hydrogen) atoms. The van der Waals surface area contributed by atoms with E-state index in [1.54, 1.807) is 0 Å². The Hall–Kier alpha value is -2.99. The Morgan fingerprint density at radius 1 is 0.933 bits per heavy atom. The number of hydrogen-bond acceptors (Lipinski definition) is 5. The third-order valence-electron chi connectivity index (χ3n) is 4.86. The quantitative estimate of drug-likeness (QED) is 0.341. The van der Waals surface area contributed by atoms with Crippen molar-refractivity contribution in [1.29, 1.82) is 0 Å². The van der Waals surface area contributed by atoms with Gasteiger partial charge in [0.2, 0.25) is 0 Å². The van der Waals surface area contributed by atoms with Gasteiger partial charge in [0.1, 0.15) is 24.0 Å². The number of benzene rings is 2. The summed E-state index contributed by atoms with van der Waals surface area (Å²) < 4.78 is 7.20. The fourth-order valence-corrected chi connectivity index (χ4v) is 3.43. The number of fused-ring (bicyclic) bond motifs is 1. The van der Waals surface area contributed by atoms with E-state index in [2.05, 4.69) is 62.2 Å². The Morgan fingerprint density at radius 3 is 2.50 bits per heavy atom. The van der Waals surface area contributed by atoms with E-state index in [0.29, 0.717) is 11.6 Å². The zero-order chi connectivity index (χ0) is 21.1. The van der Waals surface area contributed by atoms with Gasteiger partial charge in [-0.25, -0.2) is 15.0 Å². The summed E-state index contributed by atoms with van der Waals surface area (Å²) in [6, 6.07) is 20.1. The van der Waals surface area contributed by atoms with Crippen LogP contribution in [0.15, 0.2) is 71.5 Å². The predicted molar refractivity (Wildman–Crippen MR) is 124 cm³/mol. The number of halogens is 1. The van der Waals surface area contributed by atoms with Crippen LogP contribution in [0.2, 0.25) is 0 Å². The molecule has 0 saturated heterocycles. The van der Waals surface area contributed by atoms with Crippen molar-refractivity contribution in [2.24, 2.45) is 0 Å². The van der Waals surface area contributed by atoms with Crippen molar-refractivity contribution >= 4 is 38.5 Å². The molecule has 1 unspecified atom stereocenters. The van der Waals surface area contributed by atoms with Gasteiger partial charge in [-0.15, -0.1) is 0 Å². The van der Waals surface area contributed by atoms with Crippen LogP contribution in [0.4, 0.5) is 11.5 Å². The number of anilines is 2. The van der Waals surface area contributed by atoms with Gasteiger partial charge in [-0.05, 0) is 54.8 Å². The van der Waals surface area contributed by atoms with Crippen molar-refractivity contribution in [2.45, 2.75) is 32.8 Å². The van der Waals surface area contributed by atoms with Gasteiger partial charge >= 0.3 is 0 Å². The lowest BCUT2D eigenvalue weighted by molar-refractivity contribution is 0.227. The first-order valence-corrected chi connectivity index (χ1v) is 10.7. The maximum atomic E-state index is 6.15. The Balaban J connectivity index is 1.55. The monoisotopic (exact) mass is 462 g/mol. The van der Waals surface area contributed by atoms with E-state index in [9.17, 15) is 0 Å². The SMILES string of the molecule is CC(C)c1ccc2c(Nc3cccc(OC(C)c4ccc(Br)cc4)c3)ncnc2n1. The molecule has 0 saturated carbocycles. The van der Waals surface area contributed by atoms with Gasteiger partial charge in [-0.2, -0.15) is 0 Å². The van der Waals surface area contributed by atoms with Gasteiger partial charge in [0, 0.05) is 21.9 Å². The molecule has 4 rings (SSSR count). The molecule has 4 aromatic rings. The Labute approximate surface area is 184 Å². The first-order chi connectivity index (χ1) is 14.5. The summed E-state index contributed by atoms with van der Waals surface area (Å²) in [7, 11) is 0. The minimum atomic E-state index is -0.0631. The number of ether oxygens (including phenoxy) is 1. The standard InChI is InChI=1S/C24H23BrN4O/c1-15(2)22-12-11-21-23(26-14-27-24(21)29-22)28-19-5-4-6-20(13-19)30-16(3)17-7-9-18(25)10-8-17/h4-16H,1-3H3,(H,26,27,28,29). The van der Waals surface area contributed by atoms with Crippen LogP contribution in [0.25, 0.3) is 11.0 Å². The van der Waals surface area contributed by atoms with Crippen LogP contribution in [0.3, 0.4) is 0 Å². The van der Waals surface area contributed by atoms with E-state index in [1.165, 1.54) is 6.33 Å². The summed E-state index contributed by atoms with van der Waals surface area (Å²) in [4.78, 5) is 13.4. The zero-order valence-electron chi connectivity index (χ0n) is 17.1. The van der Waals surface area contributed by atoms with Crippen LogP contribution in [0, 0.1) is 0 Å². The summed E-state index contributed by atoms with van der Waals surface area (Å²) in [6.07, 6.45) is 1.48. The molecule has 152 valence electrons. The van der Waals surface area contributed by atoms with E-state index in [0.717, 1.165) is 38.4 Å². The maximum Gasteiger partial charge on any atom is 0.164 e. The highest BCUT2D eigenvalue weighted by atomic mass is 79.9. The second kappa shape index (κ2) is 8.79. The number of nitrogens with one attached hydrogen (secondary N) is 1. The van der Waals surface area contributed by atoms with Crippen molar-refractivity contribution in [3.63, 3.8) is 0 Å². The van der Waals surface area contributed by atoms with Crippen molar-refractivity contribution in [1.82, 2.24) is 15.0 Å². The molecule has 5 nitrogen and oxygen atoms in total. The molecule has 2 heterocycles. The summed E-state index contributed by atoms with van der Waals surface area (Å²) in [5.74, 6) is 1.86. The Bertz CT molecular complexity index is 1160. The van der Waals surface area contributed by atoms with Crippen LogP contribution >= 0.6 is 15.9 Å². The average Bonchev–Trinajstić information content (AvgIpc) is 2.74. The molecular weight excluding hydrogens is 440 g/mol. The smallest absolute Gasteiger partial charge is 0.164 e. The molecule has 1 atom stereocenters. The highest BCUT2D eigenvalue weighted by molar-refractivity contribution is 9.10. The first kappa shape index (κ1) is 20.3. The lowest BCUT2D eigenvalue weighted by Gasteiger charge is -2.16. The average molecular weight is 463 g/mol. The summed E-state index contributed by atoms with van der Waals surface area (Å²) in [6.45, 7) is 6.28. The molecule has 2 aromatic carbocycles. The van der Waals surface area contributed by atoms with Gasteiger partial charge in [-0.3, -0.25) is 0 Å². The van der Waals surface area contributed by atoms with E-state index in [4.69, 9.17) is 4.74 Å². The first-order valence-electron chi connectivity index (χ1n) is 9.90. The predicted octanol–water partition coefficient (Wildman–Crippen LogP) is 6.79. The fraction of sp³-hybridized carbons (Fsp3) is 0.208. The van der Waals surface area contributed by atoms with Gasteiger partial charge < -0.3 is 10.1 Å². The van der Waals surface area contributed by atoms with E-state index in [-0.39, 0.29) is 6.10 Å². The van der Waals surface area contributed by atoms with Crippen LogP contribution in [0.5, 0.6) is 5.75 Å². The highest BCUT2D eigenvalue weighted by Crippen LogP contribution is 2.28. The fourth-order valence-electron chi connectivity index (χ4n) is 3.17. The zero-order valence-corrected chi connectivity index (χ0v) is 18.7. The molecule has 0 aliphatic carbocycles. The summed E-state index contributed by atoms with van der Waals surface area (Å²) in [5, 5.41) is 4.26. The van der Waals surface area contributed by atoms with E-state index in [1.807, 2.05) is 55.5 Å². The molecule has 0 spiro atoms. The topological polar surface area (TPSA) is 59.9 Å². The third-order valence-corrected chi connectivity index (χ3v) is 5.39. The molecule has 0 fully saturated rings.